The number of aromatic nitrogens is 3. The fourth-order valence-electron chi connectivity index (χ4n) is 2.92. The molecule has 108 valence electrons. The van der Waals surface area contributed by atoms with Crippen LogP contribution in [0, 0.1) is 0 Å². The summed E-state index contributed by atoms with van der Waals surface area (Å²) in [5.74, 6) is 0.593. The van der Waals surface area contributed by atoms with Gasteiger partial charge in [0.25, 0.3) is 0 Å². The van der Waals surface area contributed by atoms with Crippen LogP contribution in [0.15, 0.2) is 48.5 Å². The number of nitrogen functional groups attached to an aromatic ring is 2. The van der Waals surface area contributed by atoms with Gasteiger partial charge >= 0.3 is 0 Å². The average Bonchev–Trinajstić information content (AvgIpc) is 2.87. The molecule has 0 bridgehead atoms. The van der Waals surface area contributed by atoms with E-state index < -0.39 is 0 Å². The average molecular weight is 289 g/mol. The molecule has 2 heterocycles. The molecule has 0 unspecified atom stereocenters. The van der Waals surface area contributed by atoms with E-state index in [1.165, 1.54) is 11.1 Å². The molecule has 0 atom stereocenters. The summed E-state index contributed by atoms with van der Waals surface area (Å²) in [6.45, 7) is 0. The maximum atomic E-state index is 6.08. The lowest BCUT2D eigenvalue weighted by molar-refractivity contribution is 1.21. The Labute approximate surface area is 127 Å². The molecule has 0 radical (unpaired) electrons. The van der Waals surface area contributed by atoms with Crippen LogP contribution in [0.25, 0.3) is 21.9 Å². The second kappa shape index (κ2) is 4.73. The molecule has 0 aliphatic rings. The fourth-order valence-corrected chi connectivity index (χ4v) is 2.92. The lowest BCUT2D eigenvalue weighted by Gasteiger charge is -2.05. The first kappa shape index (κ1) is 12.6. The van der Waals surface area contributed by atoms with Crippen LogP contribution in [0.1, 0.15) is 11.1 Å². The summed E-state index contributed by atoms with van der Waals surface area (Å²) in [6, 6.07) is 16.5. The fraction of sp³-hybridized carbons (Fsp3) is 0.0588. The summed E-state index contributed by atoms with van der Waals surface area (Å²) in [7, 11) is 0. The van der Waals surface area contributed by atoms with Crippen molar-refractivity contribution in [3.8, 4) is 0 Å². The number of aromatic amines is 1. The predicted molar refractivity (Wildman–Crippen MR) is 89.5 cm³/mol. The molecule has 5 N–H and O–H groups in total. The van der Waals surface area contributed by atoms with Gasteiger partial charge in [-0.25, -0.2) is 0 Å². The Hall–Kier alpha value is -3.08. The van der Waals surface area contributed by atoms with Crippen molar-refractivity contribution in [1.82, 2.24) is 15.0 Å². The van der Waals surface area contributed by atoms with E-state index in [9.17, 15) is 0 Å². The van der Waals surface area contributed by atoms with Crippen LogP contribution >= 0.6 is 0 Å². The van der Waals surface area contributed by atoms with Gasteiger partial charge in [-0.3, -0.25) is 0 Å². The van der Waals surface area contributed by atoms with Gasteiger partial charge in [0.15, 0.2) is 0 Å². The highest BCUT2D eigenvalue weighted by Crippen LogP contribution is 2.32. The molecule has 0 amide bonds. The minimum atomic E-state index is 0.182. The van der Waals surface area contributed by atoms with E-state index in [1.54, 1.807) is 0 Å². The summed E-state index contributed by atoms with van der Waals surface area (Å²) in [5.41, 5.74) is 15.9. The van der Waals surface area contributed by atoms with Gasteiger partial charge in [0.1, 0.15) is 11.5 Å². The maximum Gasteiger partial charge on any atom is 0.223 e. The molecule has 0 aliphatic heterocycles. The zero-order valence-electron chi connectivity index (χ0n) is 11.9. The summed E-state index contributed by atoms with van der Waals surface area (Å²) in [5, 5.41) is 1.91. The largest absolute Gasteiger partial charge is 0.383 e. The highest BCUT2D eigenvalue weighted by Gasteiger charge is 2.14. The van der Waals surface area contributed by atoms with E-state index in [4.69, 9.17) is 11.5 Å². The highest BCUT2D eigenvalue weighted by molar-refractivity contribution is 6.12. The van der Waals surface area contributed by atoms with E-state index in [1.807, 2.05) is 30.3 Å². The lowest BCUT2D eigenvalue weighted by atomic mass is 10.00. The molecule has 0 saturated heterocycles. The van der Waals surface area contributed by atoms with Crippen LogP contribution < -0.4 is 11.5 Å². The molecule has 5 nitrogen and oxygen atoms in total. The zero-order valence-corrected chi connectivity index (χ0v) is 11.9. The van der Waals surface area contributed by atoms with Crippen LogP contribution in [-0.2, 0) is 6.42 Å². The minimum Gasteiger partial charge on any atom is -0.383 e. The Bertz CT molecular complexity index is 973. The quantitative estimate of drug-likeness (QED) is 0.529. The van der Waals surface area contributed by atoms with Crippen LogP contribution in [0.5, 0.6) is 0 Å². The summed E-state index contributed by atoms with van der Waals surface area (Å²) < 4.78 is 0. The molecule has 2 aromatic heterocycles. The van der Waals surface area contributed by atoms with Gasteiger partial charge in [-0.1, -0.05) is 42.5 Å². The second-order valence-corrected chi connectivity index (χ2v) is 5.32. The second-order valence-electron chi connectivity index (χ2n) is 5.32. The molecular formula is C17H15N5. The molecule has 22 heavy (non-hydrogen) atoms. The smallest absolute Gasteiger partial charge is 0.223 e. The van der Waals surface area contributed by atoms with Crippen molar-refractivity contribution < 1.29 is 0 Å². The molecule has 0 aliphatic carbocycles. The van der Waals surface area contributed by atoms with Gasteiger partial charge in [-0.05, 0) is 23.6 Å². The molecule has 4 rings (SSSR count). The Balaban J connectivity index is 1.99. The molecular weight excluding hydrogens is 274 g/mol. The van der Waals surface area contributed by atoms with Gasteiger partial charge < -0.3 is 16.5 Å². The first-order valence-corrected chi connectivity index (χ1v) is 7.08. The number of H-pyrrole nitrogens is 1. The number of fused-ring (bicyclic) bond motifs is 3. The third-order valence-electron chi connectivity index (χ3n) is 3.85. The van der Waals surface area contributed by atoms with Crippen molar-refractivity contribution in [2.75, 3.05) is 11.5 Å². The van der Waals surface area contributed by atoms with Gasteiger partial charge in [-0.2, -0.15) is 9.97 Å². The van der Waals surface area contributed by atoms with Crippen molar-refractivity contribution in [2.24, 2.45) is 0 Å². The number of nitrogens with one attached hydrogen (secondary N) is 1. The van der Waals surface area contributed by atoms with E-state index >= 15 is 0 Å². The van der Waals surface area contributed by atoms with Crippen molar-refractivity contribution in [2.45, 2.75) is 6.42 Å². The summed E-state index contributed by atoms with van der Waals surface area (Å²) in [6.07, 6.45) is 0.828. The first-order chi connectivity index (χ1) is 10.7. The SMILES string of the molecule is Nc1nc(N)c2c(n1)[nH]c1cccc(Cc3ccccc3)c12. The van der Waals surface area contributed by atoms with Gasteiger partial charge in [0.05, 0.1) is 5.39 Å². The third kappa shape index (κ3) is 1.95. The Morgan fingerprint density at radius 2 is 1.68 bits per heavy atom. The number of benzene rings is 2. The van der Waals surface area contributed by atoms with E-state index in [0.717, 1.165) is 22.7 Å². The van der Waals surface area contributed by atoms with Crippen molar-refractivity contribution in [1.29, 1.82) is 0 Å². The van der Waals surface area contributed by atoms with Crippen molar-refractivity contribution in [3.63, 3.8) is 0 Å². The van der Waals surface area contributed by atoms with Crippen molar-refractivity contribution >= 4 is 33.7 Å². The zero-order chi connectivity index (χ0) is 15.1. The summed E-state index contributed by atoms with van der Waals surface area (Å²) in [4.78, 5) is 11.6. The Morgan fingerprint density at radius 1 is 0.864 bits per heavy atom. The van der Waals surface area contributed by atoms with Crippen molar-refractivity contribution in [3.05, 3.63) is 59.7 Å². The predicted octanol–water partition coefficient (Wildman–Crippen LogP) is 2.87. The van der Waals surface area contributed by atoms with Crippen LogP contribution in [0.3, 0.4) is 0 Å². The minimum absolute atomic E-state index is 0.182. The van der Waals surface area contributed by atoms with E-state index in [2.05, 4.69) is 33.2 Å². The number of nitrogens with zero attached hydrogens (tertiary/aromatic N) is 2. The third-order valence-corrected chi connectivity index (χ3v) is 3.85. The Morgan fingerprint density at radius 3 is 2.50 bits per heavy atom. The lowest BCUT2D eigenvalue weighted by Crippen LogP contribution is -2.00. The molecule has 2 aromatic carbocycles. The maximum absolute atomic E-state index is 6.08. The van der Waals surface area contributed by atoms with Crippen LogP contribution in [0.4, 0.5) is 11.8 Å². The molecule has 0 fully saturated rings. The van der Waals surface area contributed by atoms with Crippen LogP contribution in [-0.4, -0.2) is 15.0 Å². The molecule has 5 heteroatoms. The van der Waals surface area contributed by atoms with Gasteiger partial charge in [0, 0.05) is 10.9 Å². The summed E-state index contributed by atoms with van der Waals surface area (Å²) >= 11 is 0. The number of anilines is 2. The van der Waals surface area contributed by atoms with Gasteiger partial charge in [-0.15, -0.1) is 0 Å². The number of nitrogens with two attached hydrogens (primary N) is 2. The molecule has 0 saturated carbocycles. The topological polar surface area (TPSA) is 93.6 Å². The van der Waals surface area contributed by atoms with Gasteiger partial charge in [0.2, 0.25) is 5.95 Å². The molecule has 0 spiro atoms. The molecule has 4 aromatic rings. The van der Waals surface area contributed by atoms with E-state index in [-0.39, 0.29) is 5.95 Å². The first-order valence-electron chi connectivity index (χ1n) is 7.08. The number of hydrogen-bond acceptors (Lipinski definition) is 4. The van der Waals surface area contributed by atoms with E-state index in [0.29, 0.717) is 11.5 Å². The van der Waals surface area contributed by atoms with Crippen LogP contribution in [0.2, 0.25) is 0 Å². The number of hydrogen-bond donors (Lipinski definition) is 3. The Kier molecular flexibility index (Phi) is 2.72. The highest BCUT2D eigenvalue weighted by atomic mass is 15.1. The number of rotatable bonds is 2. The standard InChI is InChI=1S/C17H15N5/c18-15-14-13-11(9-10-5-2-1-3-6-10)7-4-8-12(13)20-16(14)22-17(19)21-15/h1-8H,9H2,(H5,18,19,20,21,22). The monoisotopic (exact) mass is 289 g/mol. The normalized spacial score (nSPS) is 11.3.